The van der Waals surface area contributed by atoms with Gasteiger partial charge in [-0.15, -0.1) is 0 Å². The van der Waals surface area contributed by atoms with Gasteiger partial charge in [0, 0.05) is 6.54 Å². The maximum atomic E-state index is 13.3. The van der Waals surface area contributed by atoms with E-state index < -0.39 is 22.0 Å². The number of hydroxylamine groups is 2. The summed E-state index contributed by atoms with van der Waals surface area (Å²) in [6.45, 7) is -0.0322. The van der Waals surface area contributed by atoms with Crippen molar-refractivity contribution in [3.8, 4) is 16.9 Å². The first-order valence-corrected chi connectivity index (χ1v) is 12.8. The van der Waals surface area contributed by atoms with E-state index in [1.165, 1.54) is 17.6 Å². The van der Waals surface area contributed by atoms with Crippen LogP contribution < -0.4 is 15.5 Å². The Hall–Kier alpha value is -3.77. The van der Waals surface area contributed by atoms with Gasteiger partial charge in [-0.25, -0.2) is 13.9 Å². The van der Waals surface area contributed by atoms with Gasteiger partial charge in [-0.05, 0) is 47.4 Å². The van der Waals surface area contributed by atoms with Crippen molar-refractivity contribution in [1.29, 1.82) is 0 Å². The van der Waals surface area contributed by atoms with Crippen LogP contribution in [0.5, 0.6) is 5.75 Å². The number of hydrogen-bond acceptors (Lipinski definition) is 7. The lowest BCUT2D eigenvalue weighted by Crippen LogP contribution is -2.49. The molecule has 3 rings (SSSR count). The largest absolute Gasteiger partial charge is 0.497 e. The molecule has 0 aliphatic rings. The van der Waals surface area contributed by atoms with Crippen molar-refractivity contribution in [2.24, 2.45) is 0 Å². The van der Waals surface area contributed by atoms with E-state index in [-0.39, 0.29) is 30.2 Å². The minimum absolute atomic E-state index is 0.0322. The maximum absolute atomic E-state index is 13.3. The predicted octanol–water partition coefficient (Wildman–Crippen LogP) is 2.54. The molecule has 0 saturated carbocycles. The third-order valence-electron chi connectivity index (χ3n) is 5.61. The first-order chi connectivity index (χ1) is 17.8. The van der Waals surface area contributed by atoms with Crippen LogP contribution in [0.2, 0.25) is 0 Å². The lowest BCUT2D eigenvalue weighted by molar-refractivity contribution is -0.148. The molecule has 0 unspecified atom stereocenters. The number of carbonyl (C=O) groups excluding carboxylic acids is 2. The molecular formula is C26H29N3O7S. The number of nitrogens with one attached hydrogen (secondary N) is 2. The van der Waals surface area contributed by atoms with E-state index >= 15 is 0 Å². The van der Waals surface area contributed by atoms with Crippen molar-refractivity contribution >= 4 is 21.8 Å². The van der Waals surface area contributed by atoms with Gasteiger partial charge in [0.1, 0.15) is 11.8 Å². The average molecular weight is 528 g/mol. The molecule has 0 saturated heterocycles. The van der Waals surface area contributed by atoms with Crippen LogP contribution in [-0.4, -0.2) is 56.7 Å². The minimum atomic E-state index is -4.31. The van der Waals surface area contributed by atoms with Crippen LogP contribution in [0.3, 0.4) is 0 Å². The van der Waals surface area contributed by atoms with Gasteiger partial charge in [-0.3, -0.25) is 19.6 Å². The van der Waals surface area contributed by atoms with Crippen LogP contribution in [0.4, 0.5) is 0 Å². The van der Waals surface area contributed by atoms with E-state index in [9.17, 15) is 23.2 Å². The van der Waals surface area contributed by atoms with E-state index in [0.717, 1.165) is 23.8 Å². The molecule has 3 N–H and O–H groups in total. The molecule has 3 aromatic rings. The highest BCUT2D eigenvalue weighted by Crippen LogP contribution is 2.26. The molecular weight excluding hydrogens is 498 g/mol. The fourth-order valence-electron chi connectivity index (χ4n) is 3.70. The van der Waals surface area contributed by atoms with Crippen molar-refractivity contribution in [1.82, 2.24) is 15.3 Å². The zero-order valence-corrected chi connectivity index (χ0v) is 21.3. The highest BCUT2D eigenvalue weighted by atomic mass is 32.2. The van der Waals surface area contributed by atoms with Crippen molar-refractivity contribution in [3.63, 3.8) is 0 Å². The Morgan fingerprint density at radius 2 is 1.51 bits per heavy atom. The van der Waals surface area contributed by atoms with E-state index in [0.29, 0.717) is 10.2 Å². The second kappa shape index (κ2) is 13.0. The molecule has 0 fully saturated rings. The highest BCUT2D eigenvalue weighted by Gasteiger charge is 2.36. The Morgan fingerprint density at radius 3 is 2.05 bits per heavy atom. The van der Waals surface area contributed by atoms with Gasteiger partial charge in [0.2, 0.25) is 5.91 Å². The number of rotatable bonds is 12. The molecule has 0 heterocycles. The molecule has 3 aromatic carbocycles. The SMILES string of the molecule is COc1ccc(-c2ccc(S(=O)(=O)N(OC)[C@H](CCNC(=O)Cc3ccccc3)C(=O)NO)cc2)cc1. The van der Waals surface area contributed by atoms with E-state index in [1.807, 2.05) is 30.3 Å². The Balaban J connectivity index is 1.73. The zero-order chi connectivity index (χ0) is 26.8. The van der Waals surface area contributed by atoms with Crippen LogP contribution in [0.15, 0.2) is 83.8 Å². The number of hydrogen-bond donors (Lipinski definition) is 3. The summed E-state index contributed by atoms with van der Waals surface area (Å²) in [7, 11) is -1.63. The second-order valence-electron chi connectivity index (χ2n) is 7.99. The fraction of sp³-hybridized carbons (Fsp3) is 0.231. The van der Waals surface area contributed by atoms with Crippen LogP contribution in [-0.2, 0) is 30.9 Å². The van der Waals surface area contributed by atoms with Crippen LogP contribution in [0.25, 0.3) is 11.1 Å². The summed E-state index contributed by atoms with van der Waals surface area (Å²) in [5.74, 6) is -0.601. The fourth-order valence-corrected chi connectivity index (χ4v) is 5.12. The standard InChI is InChI=1S/C26H29N3O7S/c1-35-22-12-8-20(9-13-22)21-10-14-23(15-11-21)37(33,34)29(36-2)24(26(31)28-32)16-17-27-25(30)18-19-6-4-3-5-7-19/h3-15,24,32H,16-18H2,1-2H3,(H,27,30)(H,28,31)/t24-/m1/s1. The quantitative estimate of drug-likeness (QED) is 0.243. The molecule has 0 aliphatic heterocycles. The number of ether oxygens (including phenoxy) is 1. The average Bonchev–Trinajstić information content (AvgIpc) is 2.92. The number of benzene rings is 3. The molecule has 0 bridgehead atoms. The zero-order valence-electron chi connectivity index (χ0n) is 20.5. The second-order valence-corrected chi connectivity index (χ2v) is 9.77. The molecule has 1 atom stereocenters. The summed E-state index contributed by atoms with van der Waals surface area (Å²) in [6, 6.07) is 21.0. The molecule has 11 heteroatoms. The predicted molar refractivity (Wildman–Crippen MR) is 136 cm³/mol. The Bertz CT molecular complexity index is 1280. The molecule has 196 valence electrons. The number of carbonyl (C=O) groups is 2. The molecule has 0 aromatic heterocycles. The Kier molecular flexibility index (Phi) is 9.75. The summed E-state index contributed by atoms with van der Waals surface area (Å²) >= 11 is 0. The lowest BCUT2D eigenvalue weighted by atomic mass is 10.1. The number of amides is 2. The monoisotopic (exact) mass is 527 g/mol. The summed E-state index contributed by atoms with van der Waals surface area (Å²) in [5, 5.41) is 11.9. The summed E-state index contributed by atoms with van der Waals surface area (Å²) in [6.07, 6.45) is -0.0194. The summed E-state index contributed by atoms with van der Waals surface area (Å²) in [5.41, 5.74) is 3.92. The van der Waals surface area contributed by atoms with Gasteiger partial charge in [-0.2, -0.15) is 0 Å². The third-order valence-corrected chi connectivity index (χ3v) is 7.35. The molecule has 0 spiro atoms. The van der Waals surface area contributed by atoms with Crippen LogP contribution in [0.1, 0.15) is 12.0 Å². The molecule has 0 aliphatic carbocycles. The third kappa shape index (κ3) is 7.14. The number of nitrogens with zero attached hydrogens (tertiary/aromatic N) is 1. The van der Waals surface area contributed by atoms with E-state index in [4.69, 9.17) is 9.57 Å². The van der Waals surface area contributed by atoms with Gasteiger partial charge in [-0.1, -0.05) is 59.1 Å². The van der Waals surface area contributed by atoms with Crippen molar-refractivity contribution in [2.75, 3.05) is 20.8 Å². The minimum Gasteiger partial charge on any atom is -0.497 e. The van der Waals surface area contributed by atoms with Gasteiger partial charge in [0.25, 0.3) is 15.9 Å². The van der Waals surface area contributed by atoms with E-state index in [1.54, 1.807) is 43.5 Å². The Labute approximate surface area is 215 Å². The molecule has 10 nitrogen and oxygen atoms in total. The van der Waals surface area contributed by atoms with Gasteiger partial charge in [0.05, 0.1) is 25.5 Å². The molecule has 37 heavy (non-hydrogen) atoms. The van der Waals surface area contributed by atoms with Crippen molar-refractivity contribution in [2.45, 2.75) is 23.8 Å². The van der Waals surface area contributed by atoms with Gasteiger partial charge < -0.3 is 10.1 Å². The summed E-state index contributed by atoms with van der Waals surface area (Å²) < 4.78 is 32.3. The van der Waals surface area contributed by atoms with Gasteiger partial charge in [0.15, 0.2) is 0 Å². The maximum Gasteiger partial charge on any atom is 0.265 e. The van der Waals surface area contributed by atoms with Crippen LogP contribution >= 0.6 is 0 Å². The van der Waals surface area contributed by atoms with Crippen molar-refractivity contribution in [3.05, 3.63) is 84.4 Å². The van der Waals surface area contributed by atoms with Crippen LogP contribution in [0, 0.1) is 0 Å². The summed E-state index contributed by atoms with van der Waals surface area (Å²) in [4.78, 5) is 29.6. The molecule has 0 radical (unpaired) electrons. The lowest BCUT2D eigenvalue weighted by Gasteiger charge is -2.27. The first-order valence-electron chi connectivity index (χ1n) is 11.4. The number of sulfonamides is 1. The van der Waals surface area contributed by atoms with Crippen molar-refractivity contribution < 1.29 is 32.8 Å². The first kappa shape index (κ1) is 27.8. The van der Waals surface area contributed by atoms with E-state index in [2.05, 4.69) is 5.32 Å². The smallest absolute Gasteiger partial charge is 0.265 e. The topological polar surface area (TPSA) is 134 Å². The highest BCUT2D eigenvalue weighted by molar-refractivity contribution is 7.89. The molecule has 2 amide bonds. The number of methoxy groups -OCH3 is 1. The van der Waals surface area contributed by atoms with Gasteiger partial charge >= 0.3 is 0 Å². The normalized spacial score (nSPS) is 12.1. The Morgan fingerprint density at radius 1 is 0.919 bits per heavy atom.